The fourth-order valence-electron chi connectivity index (χ4n) is 1.78. The maximum atomic E-state index is 11.8. The largest absolute Gasteiger partial charge is 0.301 e. The van der Waals surface area contributed by atoms with Crippen LogP contribution in [0.25, 0.3) is 0 Å². The summed E-state index contributed by atoms with van der Waals surface area (Å²) in [5.74, 6) is -0.254. The van der Waals surface area contributed by atoms with Gasteiger partial charge in [0.1, 0.15) is 0 Å². The average molecular weight is 273 g/mol. The molecule has 0 spiro atoms. The lowest BCUT2D eigenvalue weighted by Gasteiger charge is -2.28. The van der Waals surface area contributed by atoms with Crippen LogP contribution >= 0.6 is 22.9 Å². The zero-order valence-corrected chi connectivity index (χ0v) is 11.0. The molecule has 2 amide bonds. The fraction of sp³-hybridized carbons (Fsp3) is 0.455. The second kappa shape index (κ2) is 5.16. The van der Waals surface area contributed by atoms with Crippen molar-refractivity contribution in [3.63, 3.8) is 0 Å². The fourth-order valence-corrected chi connectivity index (χ4v) is 2.81. The van der Waals surface area contributed by atoms with E-state index in [9.17, 15) is 9.59 Å². The summed E-state index contributed by atoms with van der Waals surface area (Å²) in [6, 6.07) is 3.50. The predicted octanol–water partition coefficient (Wildman–Crippen LogP) is 1.64. The summed E-state index contributed by atoms with van der Waals surface area (Å²) in [7, 11) is 1.53. The first-order chi connectivity index (χ1) is 8.08. The third kappa shape index (κ3) is 2.86. The molecule has 1 saturated heterocycles. The Bertz CT molecular complexity index is 446. The zero-order chi connectivity index (χ0) is 12.4. The first kappa shape index (κ1) is 12.5. The molecule has 1 atom stereocenters. The Labute approximate surface area is 109 Å². The molecule has 0 saturated carbocycles. The van der Waals surface area contributed by atoms with Crippen molar-refractivity contribution in [1.82, 2.24) is 10.2 Å². The Morgan fingerprint density at radius 1 is 1.53 bits per heavy atom. The van der Waals surface area contributed by atoms with Gasteiger partial charge in [-0.15, -0.1) is 11.3 Å². The molecular weight excluding hydrogens is 260 g/mol. The highest BCUT2D eigenvalue weighted by Gasteiger charge is 2.31. The van der Waals surface area contributed by atoms with Crippen molar-refractivity contribution in [2.45, 2.75) is 25.4 Å². The minimum Gasteiger partial charge on any atom is -0.301 e. The van der Waals surface area contributed by atoms with E-state index >= 15 is 0 Å². The van der Waals surface area contributed by atoms with Gasteiger partial charge in [0.15, 0.2) is 0 Å². The maximum Gasteiger partial charge on any atom is 0.246 e. The number of rotatable bonds is 3. The van der Waals surface area contributed by atoms with Crippen LogP contribution in [0.15, 0.2) is 12.1 Å². The number of thiophene rings is 1. The van der Waals surface area contributed by atoms with Crippen molar-refractivity contribution in [3.8, 4) is 0 Å². The van der Waals surface area contributed by atoms with Crippen LogP contribution in [-0.4, -0.2) is 29.8 Å². The van der Waals surface area contributed by atoms with Gasteiger partial charge in [-0.2, -0.15) is 0 Å². The molecule has 1 N–H and O–H groups in total. The Morgan fingerprint density at radius 2 is 2.29 bits per heavy atom. The number of piperidine rings is 1. The molecule has 0 radical (unpaired) electrons. The lowest BCUT2D eigenvalue weighted by atomic mass is 10.0. The van der Waals surface area contributed by atoms with Crippen molar-refractivity contribution in [3.05, 3.63) is 21.3 Å². The average Bonchev–Trinajstić information content (AvgIpc) is 2.71. The summed E-state index contributed by atoms with van der Waals surface area (Å²) in [6.07, 6.45) is 0.992. The molecule has 1 fully saturated rings. The summed E-state index contributed by atoms with van der Waals surface area (Å²) in [5.41, 5.74) is 0. The van der Waals surface area contributed by atoms with E-state index in [0.717, 1.165) is 9.21 Å². The Kier molecular flexibility index (Phi) is 3.81. The normalized spacial score (nSPS) is 21.1. The number of nitrogens with one attached hydrogen (secondary N) is 1. The van der Waals surface area contributed by atoms with Gasteiger partial charge in [-0.05, 0) is 18.6 Å². The van der Waals surface area contributed by atoms with E-state index in [0.29, 0.717) is 19.4 Å². The van der Waals surface area contributed by atoms with Crippen LogP contribution in [-0.2, 0) is 16.1 Å². The zero-order valence-electron chi connectivity index (χ0n) is 9.40. The topological polar surface area (TPSA) is 49.4 Å². The van der Waals surface area contributed by atoms with Crippen molar-refractivity contribution in [2.75, 3.05) is 7.05 Å². The monoisotopic (exact) mass is 272 g/mol. The molecule has 2 heterocycles. The number of halogens is 1. The lowest BCUT2D eigenvalue weighted by molar-refractivity contribution is -0.148. The Morgan fingerprint density at radius 3 is 2.94 bits per heavy atom. The van der Waals surface area contributed by atoms with Crippen molar-refractivity contribution < 1.29 is 9.59 Å². The molecule has 1 aromatic heterocycles. The molecule has 4 nitrogen and oxygen atoms in total. The summed E-state index contributed by atoms with van der Waals surface area (Å²) in [5, 5.41) is 3.16. The van der Waals surface area contributed by atoms with E-state index in [-0.39, 0.29) is 17.9 Å². The molecular formula is C11H13ClN2O2S. The van der Waals surface area contributed by atoms with E-state index in [2.05, 4.69) is 5.32 Å². The highest BCUT2D eigenvalue weighted by molar-refractivity contribution is 7.16. The number of carbonyl (C=O) groups excluding carboxylic acids is 2. The molecule has 1 aromatic rings. The second-order valence-corrected chi connectivity index (χ2v) is 5.77. The molecule has 1 aliphatic heterocycles. The number of hydrogen-bond donors (Lipinski definition) is 1. The molecule has 0 aromatic carbocycles. The molecule has 1 unspecified atom stereocenters. The van der Waals surface area contributed by atoms with Crippen LogP contribution in [0.4, 0.5) is 0 Å². The number of carbonyl (C=O) groups is 2. The van der Waals surface area contributed by atoms with Crippen LogP contribution in [0.2, 0.25) is 4.34 Å². The third-order valence-corrected chi connectivity index (χ3v) is 4.03. The number of amides is 2. The molecule has 0 aliphatic carbocycles. The first-order valence-corrected chi connectivity index (χ1v) is 6.55. The highest BCUT2D eigenvalue weighted by Crippen LogP contribution is 2.21. The van der Waals surface area contributed by atoms with Gasteiger partial charge in [-0.1, -0.05) is 11.6 Å². The molecule has 2 rings (SSSR count). The number of nitrogens with zero attached hydrogens (tertiary/aromatic N) is 1. The van der Waals surface area contributed by atoms with Crippen molar-refractivity contribution >= 4 is 34.8 Å². The van der Waals surface area contributed by atoms with E-state index in [4.69, 9.17) is 11.6 Å². The van der Waals surface area contributed by atoms with Gasteiger partial charge in [0.05, 0.1) is 10.4 Å². The van der Waals surface area contributed by atoms with Gasteiger partial charge < -0.3 is 5.32 Å². The van der Waals surface area contributed by atoms with Crippen LogP contribution in [0.3, 0.4) is 0 Å². The quantitative estimate of drug-likeness (QED) is 0.851. The molecule has 92 valence electrons. The first-order valence-electron chi connectivity index (χ1n) is 5.36. The van der Waals surface area contributed by atoms with E-state index in [1.165, 1.54) is 23.3 Å². The van der Waals surface area contributed by atoms with E-state index in [1.54, 1.807) is 0 Å². The van der Waals surface area contributed by atoms with Gasteiger partial charge in [-0.3, -0.25) is 14.5 Å². The van der Waals surface area contributed by atoms with Crippen LogP contribution in [0.5, 0.6) is 0 Å². The summed E-state index contributed by atoms with van der Waals surface area (Å²) < 4.78 is 0.740. The summed E-state index contributed by atoms with van der Waals surface area (Å²) in [6.45, 7) is 0.607. The van der Waals surface area contributed by atoms with Crippen molar-refractivity contribution in [1.29, 1.82) is 0 Å². The summed E-state index contributed by atoms with van der Waals surface area (Å²) >= 11 is 7.31. The molecule has 17 heavy (non-hydrogen) atoms. The van der Waals surface area contributed by atoms with Crippen LogP contribution in [0, 0.1) is 0 Å². The van der Waals surface area contributed by atoms with Gasteiger partial charge in [0.25, 0.3) is 0 Å². The van der Waals surface area contributed by atoms with Crippen molar-refractivity contribution in [2.24, 2.45) is 0 Å². The molecule has 1 aliphatic rings. The summed E-state index contributed by atoms with van der Waals surface area (Å²) in [4.78, 5) is 25.4. The molecule has 0 bridgehead atoms. The molecule has 6 heteroatoms. The van der Waals surface area contributed by atoms with Crippen LogP contribution < -0.4 is 5.32 Å². The Hall–Kier alpha value is -0.910. The number of likely N-dealkylation sites (tertiary alicyclic amines) is 1. The van der Waals surface area contributed by atoms with Gasteiger partial charge in [0.2, 0.25) is 11.8 Å². The van der Waals surface area contributed by atoms with Gasteiger partial charge >= 0.3 is 0 Å². The lowest BCUT2D eigenvalue weighted by Crippen LogP contribution is -2.51. The van der Waals surface area contributed by atoms with Gasteiger partial charge in [0, 0.05) is 24.9 Å². The minimum absolute atomic E-state index is 0.104. The number of imide groups is 1. The van der Waals surface area contributed by atoms with Crippen LogP contribution in [0.1, 0.15) is 17.7 Å². The highest BCUT2D eigenvalue weighted by atomic mass is 35.5. The number of hydrogen-bond acceptors (Lipinski definition) is 4. The maximum absolute atomic E-state index is 11.8. The number of likely N-dealkylation sites (N-methyl/N-ethyl adjacent to an activating group) is 1. The standard InChI is InChI=1S/C11H13ClN2O2S/c1-14-10(15)5-3-8(11(14)16)13-6-7-2-4-9(12)17-7/h2,4,8,13H,3,5-6H2,1H3. The second-order valence-electron chi connectivity index (χ2n) is 3.97. The third-order valence-electron chi connectivity index (χ3n) is 2.80. The van der Waals surface area contributed by atoms with E-state index in [1.807, 2.05) is 12.1 Å². The van der Waals surface area contributed by atoms with E-state index < -0.39 is 0 Å². The minimum atomic E-state index is -0.265. The SMILES string of the molecule is CN1C(=O)CCC(NCc2ccc(Cl)s2)C1=O. The smallest absolute Gasteiger partial charge is 0.246 e. The van der Waals surface area contributed by atoms with Gasteiger partial charge in [-0.25, -0.2) is 0 Å². The Balaban J connectivity index is 1.91. The predicted molar refractivity (Wildman–Crippen MR) is 67.0 cm³/mol.